The number of nitrogens with zero attached hydrogens (tertiary/aromatic N) is 2. The maximum atomic E-state index is 12.3. The van der Waals surface area contributed by atoms with E-state index < -0.39 is 17.6 Å². The molecule has 17 heavy (non-hydrogen) atoms. The average Bonchev–Trinajstić information content (AvgIpc) is 2.32. The molecule has 0 fully saturated rings. The van der Waals surface area contributed by atoms with E-state index in [2.05, 4.69) is 5.32 Å². The van der Waals surface area contributed by atoms with E-state index in [0.29, 0.717) is 11.3 Å². The summed E-state index contributed by atoms with van der Waals surface area (Å²) in [6.45, 7) is -0.719. The minimum atomic E-state index is -0.699. The third-order valence-corrected chi connectivity index (χ3v) is 2.58. The van der Waals surface area contributed by atoms with Crippen LogP contribution in [0, 0.1) is 10.1 Å². The van der Waals surface area contributed by atoms with Gasteiger partial charge in [-0.2, -0.15) is 0 Å². The topological polar surface area (TPSA) is 75.5 Å². The molecule has 1 aliphatic heterocycles. The van der Waals surface area contributed by atoms with Crippen LogP contribution >= 0.6 is 0 Å². The Morgan fingerprint density at radius 3 is 2.94 bits per heavy atom. The summed E-state index contributed by atoms with van der Waals surface area (Å²) in [4.78, 5) is 23.0. The summed E-state index contributed by atoms with van der Waals surface area (Å²) in [5.74, 6) is 0. The van der Waals surface area contributed by atoms with Crippen molar-refractivity contribution in [1.82, 2.24) is 5.32 Å². The van der Waals surface area contributed by atoms with Crippen LogP contribution in [0.2, 0.25) is 0 Å². The number of anilines is 1. The summed E-state index contributed by atoms with van der Waals surface area (Å²) in [6.07, 6.45) is 0. The molecule has 0 unspecified atom stereocenters. The fourth-order valence-corrected chi connectivity index (χ4v) is 1.84. The minimum Gasteiger partial charge on any atom is -0.333 e. The standard InChI is InChI=1S/C10H10FN3O3/c11-4-5-13-8-2-1-3-9(14(16)17)7(8)6-12-10(13)15/h1-3H,4-6H2,(H,12,15). The molecule has 6 nitrogen and oxygen atoms in total. The molecule has 7 heteroatoms. The number of carbonyl (C=O) groups excluding carboxylic acids is 1. The number of nitro benzene ring substituents is 1. The highest BCUT2D eigenvalue weighted by Gasteiger charge is 2.28. The molecule has 0 atom stereocenters. The van der Waals surface area contributed by atoms with Crippen LogP contribution in [0.5, 0.6) is 0 Å². The van der Waals surface area contributed by atoms with Gasteiger partial charge in [0.05, 0.1) is 29.3 Å². The first-order valence-electron chi connectivity index (χ1n) is 5.02. The van der Waals surface area contributed by atoms with Crippen molar-refractivity contribution in [3.63, 3.8) is 0 Å². The van der Waals surface area contributed by atoms with Gasteiger partial charge < -0.3 is 5.32 Å². The molecule has 1 aromatic carbocycles. The largest absolute Gasteiger partial charge is 0.333 e. The molecule has 90 valence electrons. The van der Waals surface area contributed by atoms with Crippen molar-refractivity contribution in [1.29, 1.82) is 0 Å². The Labute approximate surface area is 96.2 Å². The fourth-order valence-electron chi connectivity index (χ4n) is 1.84. The maximum Gasteiger partial charge on any atom is 0.322 e. The van der Waals surface area contributed by atoms with Crippen molar-refractivity contribution >= 4 is 17.4 Å². The number of nitro groups is 1. The van der Waals surface area contributed by atoms with Crippen molar-refractivity contribution in [2.45, 2.75) is 6.54 Å². The Hall–Kier alpha value is -2.18. The van der Waals surface area contributed by atoms with Crippen molar-refractivity contribution < 1.29 is 14.1 Å². The number of amides is 2. The van der Waals surface area contributed by atoms with Gasteiger partial charge in [-0.1, -0.05) is 6.07 Å². The number of hydrogen-bond acceptors (Lipinski definition) is 3. The first-order valence-corrected chi connectivity index (χ1v) is 5.02. The van der Waals surface area contributed by atoms with Crippen molar-refractivity contribution in [3.8, 4) is 0 Å². The fraction of sp³-hybridized carbons (Fsp3) is 0.300. The van der Waals surface area contributed by atoms with Gasteiger partial charge in [-0.3, -0.25) is 15.0 Å². The molecule has 2 rings (SSSR count). The average molecular weight is 239 g/mol. The van der Waals surface area contributed by atoms with E-state index in [1.165, 1.54) is 17.0 Å². The Balaban J connectivity index is 2.50. The molecule has 0 saturated carbocycles. The lowest BCUT2D eigenvalue weighted by atomic mass is 10.1. The molecule has 1 aliphatic rings. The number of hydrogen-bond donors (Lipinski definition) is 1. The van der Waals surface area contributed by atoms with E-state index >= 15 is 0 Å². The van der Waals surface area contributed by atoms with Gasteiger partial charge in [-0.15, -0.1) is 0 Å². The van der Waals surface area contributed by atoms with Crippen LogP contribution in [0.1, 0.15) is 5.56 Å². The van der Waals surface area contributed by atoms with Crippen LogP contribution in [0.3, 0.4) is 0 Å². The zero-order chi connectivity index (χ0) is 12.4. The summed E-state index contributed by atoms with van der Waals surface area (Å²) in [5.41, 5.74) is 0.748. The summed E-state index contributed by atoms with van der Waals surface area (Å²) >= 11 is 0. The van der Waals surface area contributed by atoms with Gasteiger partial charge in [-0.25, -0.2) is 9.18 Å². The SMILES string of the molecule is O=C1NCc2c(cccc2[N+](=O)[O-])N1CCF. The van der Waals surface area contributed by atoms with E-state index in [4.69, 9.17) is 0 Å². The smallest absolute Gasteiger partial charge is 0.322 e. The number of alkyl halides is 1. The quantitative estimate of drug-likeness (QED) is 0.642. The molecule has 0 radical (unpaired) electrons. The van der Waals surface area contributed by atoms with E-state index in [1.54, 1.807) is 6.07 Å². The molecule has 0 aliphatic carbocycles. The Morgan fingerprint density at radius 2 is 2.29 bits per heavy atom. The zero-order valence-corrected chi connectivity index (χ0v) is 8.85. The van der Waals surface area contributed by atoms with Crippen molar-refractivity contribution in [2.75, 3.05) is 18.1 Å². The van der Waals surface area contributed by atoms with Gasteiger partial charge in [0.1, 0.15) is 6.67 Å². The second-order valence-electron chi connectivity index (χ2n) is 3.53. The normalized spacial score (nSPS) is 14.2. The van der Waals surface area contributed by atoms with Gasteiger partial charge in [-0.05, 0) is 6.07 Å². The molecule has 0 aromatic heterocycles. The first kappa shape index (κ1) is 11.3. The molecule has 1 aromatic rings. The number of carbonyl (C=O) groups is 1. The summed E-state index contributed by atoms with van der Waals surface area (Å²) < 4.78 is 12.3. The second-order valence-corrected chi connectivity index (χ2v) is 3.53. The van der Waals surface area contributed by atoms with E-state index in [-0.39, 0.29) is 18.8 Å². The highest BCUT2D eigenvalue weighted by atomic mass is 19.1. The minimum absolute atomic E-state index is 0.0636. The number of benzene rings is 1. The number of nitrogens with one attached hydrogen (secondary N) is 1. The van der Waals surface area contributed by atoms with Gasteiger partial charge in [0.15, 0.2) is 0 Å². The lowest BCUT2D eigenvalue weighted by Gasteiger charge is -2.28. The lowest BCUT2D eigenvalue weighted by Crippen LogP contribution is -2.45. The molecular formula is C10H10FN3O3. The molecule has 0 saturated heterocycles. The first-order chi connectivity index (χ1) is 8.15. The highest BCUT2D eigenvalue weighted by molar-refractivity contribution is 5.95. The lowest BCUT2D eigenvalue weighted by molar-refractivity contribution is -0.385. The molecule has 0 bridgehead atoms. The molecular weight excluding hydrogens is 229 g/mol. The predicted octanol–water partition coefficient (Wildman–Crippen LogP) is 1.59. The van der Waals surface area contributed by atoms with Crippen LogP contribution < -0.4 is 10.2 Å². The number of fused-ring (bicyclic) bond motifs is 1. The third kappa shape index (κ3) is 1.91. The van der Waals surface area contributed by atoms with Gasteiger partial charge in [0.2, 0.25) is 0 Å². The molecule has 1 heterocycles. The van der Waals surface area contributed by atoms with Crippen LogP contribution in [0.25, 0.3) is 0 Å². The van der Waals surface area contributed by atoms with E-state index in [1.807, 2.05) is 0 Å². The summed E-state index contributed by atoms with van der Waals surface area (Å²) in [5, 5.41) is 13.3. The summed E-state index contributed by atoms with van der Waals surface area (Å²) in [7, 11) is 0. The predicted molar refractivity (Wildman–Crippen MR) is 58.7 cm³/mol. The molecule has 2 amide bonds. The van der Waals surface area contributed by atoms with Gasteiger partial charge >= 0.3 is 6.03 Å². The monoisotopic (exact) mass is 239 g/mol. The van der Waals surface area contributed by atoms with Crippen molar-refractivity contribution in [3.05, 3.63) is 33.9 Å². The third-order valence-electron chi connectivity index (χ3n) is 2.58. The molecule has 1 N–H and O–H groups in total. The number of halogens is 1. The number of urea groups is 1. The maximum absolute atomic E-state index is 12.3. The Kier molecular flexibility index (Phi) is 2.90. The van der Waals surface area contributed by atoms with Crippen LogP contribution in [0.15, 0.2) is 18.2 Å². The Morgan fingerprint density at radius 1 is 1.53 bits per heavy atom. The van der Waals surface area contributed by atoms with Crippen LogP contribution in [-0.2, 0) is 6.54 Å². The highest BCUT2D eigenvalue weighted by Crippen LogP contribution is 2.31. The Bertz CT molecular complexity index is 478. The summed E-state index contributed by atoms with van der Waals surface area (Å²) in [6, 6.07) is 4.00. The van der Waals surface area contributed by atoms with Crippen LogP contribution in [0.4, 0.5) is 20.6 Å². The van der Waals surface area contributed by atoms with E-state index in [9.17, 15) is 19.3 Å². The van der Waals surface area contributed by atoms with Crippen molar-refractivity contribution in [2.24, 2.45) is 0 Å². The zero-order valence-electron chi connectivity index (χ0n) is 8.85. The molecule has 0 spiro atoms. The van der Waals surface area contributed by atoms with Crippen LogP contribution in [-0.4, -0.2) is 24.2 Å². The van der Waals surface area contributed by atoms with Gasteiger partial charge in [0, 0.05) is 6.07 Å². The van der Waals surface area contributed by atoms with E-state index in [0.717, 1.165) is 0 Å². The second kappa shape index (κ2) is 4.36. The number of rotatable bonds is 3. The van der Waals surface area contributed by atoms with Gasteiger partial charge in [0.25, 0.3) is 5.69 Å².